The number of benzene rings is 4. The molecule has 0 saturated carbocycles. The molecular weight excluding hydrogens is 553 g/mol. The van der Waals surface area contributed by atoms with Crippen LogP contribution in [0, 0.1) is 25.2 Å². The topological polar surface area (TPSA) is 0 Å². The predicted molar refractivity (Wildman–Crippen MR) is 200 cm³/mol. The summed E-state index contributed by atoms with van der Waals surface area (Å²) in [6.45, 7) is 27.8. The van der Waals surface area contributed by atoms with Gasteiger partial charge in [0.25, 0.3) is 0 Å². The Morgan fingerprint density at radius 2 is 1.20 bits per heavy atom. The highest BCUT2D eigenvalue weighted by Crippen LogP contribution is 2.43. The van der Waals surface area contributed by atoms with Crippen molar-refractivity contribution in [1.82, 2.24) is 0 Å². The Morgan fingerprint density at radius 1 is 0.630 bits per heavy atom. The standard InChI is InChI=1S/C46H51/c1-28-13-17-31(18-14-28)41(32-19-15-29(2)16-20-32)40-27-38-36-22-21-34(44(4,5)6)24-33(36)25-39(38)42(43(40)46(10,11)12)37-26-35(23-30(37)3)45(7,8)9/h13-24,26-27,30H,1-12H3. The summed E-state index contributed by atoms with van der Waals surface area (Å²) in [7, 11) is 0. The van der Waals surface area contributed by atoms with E-state index in [2.05, 4.69) is 174 Å². The fraction of sp³-hybridized carbons (Fsp3) is 0.348. The van der Waals surface area contributed by atoms with E-state index in [1.807, 2.05) is 0 Å². The van der Waals surface area contributed by atoms with Gasteiger partial charge in [-0.05, 0) is 120 Å². The minimum Gasteiger partial charge on any atom is -0.0735 e. The molecule has 0 spiro atoms. The minimum absolute atomic E-state index is 0.0713. The van der Waals surface area contributed by atoms with Crippen LogP contribution >= 0.6 is 0 Å². The Hall–Kier alpha value is -3.90. The van der Waals surface area contributed by atoms with Crippen LogP contribution in [0.1, 0.15) is 114 Å². The molecule has 1 atom stereocenters. The van der Waals surface area contributed by atoms with E-state index in [0.717, 1.165) is 0 Å². The summed E-state index contributed by atoms with van der Waals surface area (Å²) in [5.41, 5.74) is 17.1. The lowest BCUT2D eigenvalue weighted by molar-refractivity contribution is 0.516. The molecule has 0 N–H and O–H groups in total. The first kappa shape index (κ1) is 32.1. The van der Waals surface area contributed by atoms with E-state index in [1.165, 1.54) is 82.8 Å². The highest BCUT2D eigenvalue weighted by Gasteiger charge is 2.32. The van der Waals surface area contributed by atoms with Crippen molar-refractivity contribution >= 4 is 17.2 Å². The van der Waals surface area contributed by atoms with Crippen molar-refractivity contribution in [1.29, 1.82) is 0 Å². The van der Waals surface area contributed by atoms with E-state index < -0.39 is 0 Å². The van der Waals surface area contributed by atoms with Crippen molar-refractivity contribution in [2.24, 2.45) is 11.3 Å². The number of hydrogen-bond donors (Lipinski definition) is 0. The van der Waals surface area contributed by atoms with E-state index in [9.17, 15) is 0 Å². The molecule has 1 radical (unpaired) electrons. The van der Waals surface area contributed by atoms with Gasteiger partial charge in [-0.25, -0.2) is 0 Å². The molecular formula is C46H51. The zero-order valence-corrected chi connectivity index (χ0v) is 30.2. The van der Waals surface area contributed by atoms with Gasteiger partial charge in [-0.2, -0.15) is 0 Å². The molecule has 0 fully saturated rings. The maximum Gasteiger partial charge on any atom is 0.000196 e. The van der Waals surface area contributed by atoms with Gasteiger partial charge in [0.2, 0.25) is 0 Å². The molecule has 0 aliphatic heterocycles. The van der Waals surface area contributed by atoms with Gasteiger partial charge in [0, 0.05) is 5.92 Å². The van der Waals surface area contributed by atoms with E-state index >= 15 is 0 Å². The van der Waals surface area contributed by atoms with Crippen LogP contribution in [0.2, 0.25) is 0 Å². The lowest BCUT2D eigenvalue weighted by Gasteiger charge is -2.28. The zero-order chi connectivity index (χ0) is 33.3. The average Bonchev–Trinajstić information content (AvgIpc) is 3.53. The molecule has 0 aromatic heterocycles. The van der Waals surface area contributed by atoms with Crippen LogP contribution in [0.15, 0.2) is 90.5 Å². The predicted octanol–water partition coefficient (Wildman–Crippen LogP) is 10.8. The third kappa shape index (κ3) is 5.77. The first-order chi connectivity index (χ1) is 21.4. The van der Waals surface area contributed by atoms with Gasteiger partial charge in [-0.1, -0.05) is 153 Å². The average molecular weight is 604 g/mol. The van der Waals surface area contributed by atoms with Crippen LogP contribution in [-0.2, 0) is 10.8 Å². The maximum absolute atomic E-state index is 4.01. The highest BCUT2D eigenvalue weighted by atomic mass is 14.4. The summed E-state index contributed by atoms with van der Waals surface area (Å²) < 4.78 is 0. The summed E-state index contributed by atoms with van der Waals surface area (Å²) in [5.74, 6) is 0.313. The third-order valence-corrected chi connectivity index (χ3v) is 9.85. The Bertz CT molecular complexity index is 1970. The second-order valence-corrected chi connectivity index (χ2v) is 16.8. The van der Waals surface area contributed by atoms with Crippen molar-refractivity contribution in [3.05, 3.63) is 145 Å². The molecule has 1 unspecified atom stereocenters. The molecule has 0 heteroatoms. The number of allylic oxidation sites excluding steroid dienone is 4. The molecule has 0 heterocycles. The summed E-state index contributed by atoms with van der Waals surface area (Å²) >= 11 is 0. The Morgan fingerprint density at radius 3 is 1.67 bits per heavy atom. The number of hydrogen-bond acceptors (Lipinski definition) is 0. The van der Waals surface area contributed by atoms with Gasteiger partial charge in [-0.15, -0.1) is 0 Å². The van der Waals surface area contributed by atoms with Crippen LogP contribution in [0.5, 0.6) is 0 Å². The summed E-state index contributed by atoms with van der Waals surface area (Å²) in [6.07, 6.45) is 9.00. The first-order valence-corrected chi connectivity index (χ1v) is 17.0. The monoisotopic (exact) mass is 603 g/mol. The minimum atomic E-state index is -0.127. The normalized spacial score (nSPS) is 16.0. The lowest BCUT2D eigenvalue weighted by atomic mass is 9.75. The Labute approximate surface area is 278 Å². The van der Waals surface area contributed by atoms with Crippen LogP contribution in [-0.4, -0.2) is 0 Å². The van der Waals surface area contributed by atoms with Crippen LogP contribution < -0.4 is 10.4 Å². The molecule has 4 aromatic carbocycles. The SMILES string of the molecule is Cc1ccc(C(c2ccc(C)cc2)=c2cc3c(c(C4=CC(C(C)(C)C)=CC4C)c2C(C)(C)C)=[C]c2cc(C(C)(C)C)ccc2-3)cc1. The van der Waals surface area contributed by atoms with Crippen molar-refractivity contribution in [3.63, 3.8) is 0 Å². The molecule has 0 bridgehead atoms. The Kier molecular flexibility index (Phi) is 7.75. The number of fused-ring (bicyclic) bond motifs is 3. The molecule has 4 aromatic rings. The molecule has 235 valence electrons. The maximum atomic E-state index is 4.01. The molecule has 46 heavy (non-hydrogen) atoms. The largest absolute Gasteiger partial charge is 0.0735 e. The summed E-state index contributed by atoms with van der Waals surface area (Å²) in [5, 5.41) is 2.57. The van der Waals surface area contributed by atoms with Gasteiger partial charge < -0.3 is 0 Å². The van der Waals surface area contributed by atoms with E-state index in [0.29, 0.717) is 5.92 Å². The fourth-order valence-electron chi connectivity index (χ4n) is 7.16. The molecule has 2 aliphatic rings. The fourth-order valence-corrected chi connectivity index (χ4v) is 7.16. The van der Waals surface area contributed by atoms with Crippen LogP contribution in [0.25, 0.3) is 28.3 Å². The molecule has 0 amide bonds. The van der Waals surface area contributed by atoms with Gasteiger partial charge in [0.1, 0.15) is 0 Å². The van der Waals surface area contributed by atoms with Gasteiger partial charge >= 0.3 is 0 Å². The number of aryl methyl sites for hydroxylation is 2. The van der Waals surface area contributed by atoms with Crippen molar-refractivity contribution < 1.29 is 0 Å². The second-order valence-electron chi connectivity index (χ2n) is 16.8. The summed E-state index contributed by atoms with van der Waals surface area (Å²) in [4.78, 5) is 0. The third-order valence-electron chi connectivity index (χ3n) is 9.85. The van der Waals surface area contributed by atoms with Gasteiger partial charge in [0.15, 0.2) is 0 Å². The number of rotatable bonds is 3. The smallest absolute Gasteiger partial charge is 0.000196 e. The van der Waals surface area contributed by atoms with E-state index in [1.54, 1.807) is 0 Å². The first-order valence-electron chi connectivity index (χ1n) is 17.0. The van der Waals surface area contributed by atoms with Gasteiger partial charge in [-0.3, -0.25) is 0 Å². The molecule has 2 aliphatic carbocycles. The highest BCUT2D eigenvalue weighted by molar-refractivity contribution is 5.92. The Balaban J connectivity index is 1.84. The molecule has 0 saturated heterocycles. The van der Waals surface area contributed by atoms with E-state index in [4.69, 9.17) is 0 Å². The molecule has 0 nitrogen and oxygen atoms in total. The quantitative estimate of drug-likeness (QED) is 0.192. The van der Waals surface area contributed by atoms with Crippen molar-refractivity contribution in [2.75, 3.05) is 0 Å². The van der Waals surface area contributed by atoms with Crippen LogP contribution in [0.3, 0.4) is 0 Å². The van der Waals surface area contributed by atoms with E-state index in [-0.39, 0.29) is 16.2 Å². The molecule has 6 rings (SSSR count). The zero-order valence-electron chi connectivity index (χ0n) is 30.2. The van der Waals surface area contributed by atoms with Crippen molar-refractivity contribution in [2.45, 2.75) is 93.9 Å². The lowest BCUT2D eigenvalue weighted by Crippen LogP contribution is -2.33. The van der Waals surface area contributed by atoms with Crippen molar-refractivity contribution in [3.8, 4) is 11.1 Å². The second kappa shape index (κ2) is 11.1. The van der Waals surface area contributed by atoms with Crippen LogP contribution in [0.4, 0.5) is 0 Å². The van der Waals surface area contributed by atoms with Gasteiger partial charge in [0.05, 0.1) is 0 Å². The summed E-state index contributed by atoms with van der Waals surface area (Å²) in [6, 6.07) is 27.8.